The third-order valence-corrected chi connectivity index (χ3v) is 4.65. The van der Waals surface area contributed by atoms with Crippen molar-refractivity contribution in [2.24, 2.45) is 0 Å². The van der Waals surface area contributed by atoms with Gasteiger partial charge in [-0.3, -0.25) is 4.79 Å². The molecule has 1 N–H and O–H groups in total. The van der Waals surface area contributed by atoms with E-state index in [0.717, 1.165) is 41.5 Å². The average molecular weight is 339 g/mol. The van der Waals surface area contributed by atoms with Crippen LogP contribution in [0.15, 0.2) is 22.7 Å². The van der Waals surface area contributed by atoms with Crippen LogP contribution < -0.4 is 5.32 Å². The molecule has 1 saturated heterocycles. The first-order chi connectivity index (χ1) is 9.56. The van der Waals surface area contributed by atoms with Crippen LogP contribution in [0.4, 0.5) is 0 Å². The van der Waals surface area contributed by atoms with Crippen LogP contribution in [0.25, 0.3) is 0 Å². The van der Waals surface area contributed by atoms with Gasteiger partial charge in [0.25, 0.3) is 5.91 Å². The number of piperazine rings is 1. The van der Waals surface area contributed by atoms with E-state index in [1.54, 1.807) is 0 Å². The number of nitrogens with one attached hydrogen (secondary N) is 1. The second-order valence-electron chi connectivity index (χ2n) is 5.49. The van der Waals surface area contributed by atoms with Crippen LogP contribution >= 0.6 is 15.9 Å². The third-order valence-electron chi connectivity index (χ3n) is 4.15. The molecule has 0 saturated carbocycles. The smallest absolute Gasteiger partial charge is 0.254 e. The Hall–Kier alpha value is -0.870. The van der Waals surface area contributed by atoms with Crippen LogP contribution in [0.5, 0.6) is 0 Å². The Labute approximate surface area is 129 Å². The summed E-state index contributed by atoms with van der Waals surface area (Å²) in [6, 6.07) is 6.62. The zero-order valence-electron chi connectivity index (χ0n) is 12.4. The van der Waals surface area contributed by atoms with Gasteiger partial charge in [-0.2, -0.15) is 0 Å². The Morgan fingerprint density at radius 2 is 2.15 bits per heavy atom. The summed E-state index contributed by atoms with van der Waals surface area (Å²) in [6.45, 7) is 8.01. The van der Waals surface area contributed by atoms with Crippen LogP contribution in [0.3, 0.4) is 0 Å². The molecule has 20 heavy (non-hydrogen) atoms. The van der Waals surface area contributed by atoms with Crippen molar-refractivity contribution in [2.45, 2.75) is 45.7 Å². The summed E-state index contributed by atoms with van der Waals surface area (Å²) in [7, 11) is 0. The lowest BCUT2D eigenvalue weighted by molar-refractivity contribution is 0.0575. The van der Waals surface area contributed by atoms with Crippen molar-refractivity contribution in [1.82, 2.24) is 10.2 Å². The molecular weight excluding hydrogens is 316 g/mol. The monoisotopic (exact) mass is 338 g/mol. The normalized spacial score (nSPS) is 22.9. The quantitative estimate of drug-likeness (QED) is 0.916. The fraction of sp³-hybridized carbons (Fsp3) is 0.562. The van der Waals surface area contributed by atoms with E-state index in [0.29, 0.717) is 12.1 Å². The van der Waals surface area contributed by atoms with Crippen molar-refractivity contribution in [1.29, 1.82) is 0 Å². The second kappa shape index (κ2) is 6.72. The van der Waals surface area contributed by atoms with Gasteiger partial charge in [-0.1, -0.05) is 35.8 Å². The molecule has 0 bridgehead atoms. The van der Waals surface area contributed by atoms with Crippen molar-refractivity contribution >= 4 is 21.8 Å². The van der Waals surface area contributed by atoms with Crippen molar-refractivity contribution in [3.05, 3.63) is 33.8 Å². The first-order valence-corrected chi connectivity index (χ1v) is 8.16. The molecule has 1 aromatic rings. The van der Waals surface area contributed by atoms with Crippen LogP contribution in [-0.2, 0) is 0 Å². The first kappa shape index (κ1) is 15.5. The molecule has 0 aromatic heterocycles. The fourth-order valence-corrected chi connectivity index (χ4v) is 3.09. The van der Waals surface area contributed by atoms with E-state index in [-0.39, 0.29) is 5.91 Å². The fourth-order valence-electron chi connectivity index (χ4n) is 2.73. The van der Waals surface area contributed by atoms with Crippen LogP contribution in [-0.4, -0.2) is 36.0 Å². The van der Waals surface area contributed by atoms with E-state index < -0.39 is 0 Å². The molecule has 0 spiro atoms. The number of hydrogen-bond acceptors (Lipinski definition) is 2. The molecule has 1 heterocycles. The zero-order chi connectivity index (χ0) is 14.7. The average Bonchev–Trinajstić information content (AvgIpc) is 2.48. The Kier molecular flexibility index (Phi) is 5.22. The number of aryl methyl sites for hydroxylation is 1. The predicted octanol–water partition coefficient (Wildman–Crippen LogP) is 3.36. The molecule has 2 unspecified atom stereocenters. The molecule has 3 nitrogen and oxygen atoms in total. The number of carbonyl (C=O) groups is 1. The Morgan fingerprint density at radius 1 is 1.40 bits per heavy atom. The van der Waals surface area contributed by atoms with Gasteiger partial charge in [0.15, 0.2) is 0 Å². The van der Waals surface area contributed by atoms with E-state index in [1.165, 1.54) is 0 Å². The molecular formula is C16H23BrN2O. The van der Waals surface area contributed by atoms with E-state index in [9.17, 15) is 4.79 Å². The minimum Gasteiger partial charge on any atom is -0.333 e. The molecule has 110 valence electrons. The van der Waals surface area contributed by atoms with E-state index >= 15 is 0 Å². The predicted molar refractivity (Wildman–Crippen MR) is 86.1 cm³/mol. The lowest BCUT2D eigenvalue weighted by atomic mass is 10.0. The van der Waals surface area contributed by atoms with Crippen LogP contribution in [0.2, 0.25) is 0 Å². The SMILES string of the molecule is CCC1CN(C(=O)c2cc(Br)ccc2C)C(CC)CN1. The van der Waals surface area contributed by atoms with Gasteiger partial charge < -0.3 is 10.2 Å². The summed E-state index contributed by atoms with van der Waals surface area (Å²) in [4.78, 5) is 14.9. The topological polar surface area (TPSA) is 32.3 Å². The van der Waals surface area contributed by atoms with Gasteiger partial charge in [0.05, 0.1) is 0 Å². The van der Waals surface area contributed by atoms with Gasteiger partial charge in [-0.25, -0.2) is 0 Å². The number of carbonyl (C=O) groups excluding carboxylic acids is 1. The minimum atomic E-state index is 0.163. The van der Waals surface area contributed by atoms with Crippen molar-refractivity contribution < 1.29 is 4.79 Å². The van der Waals surface area contributed by atoms with Crippen LogP contribution in [0.1, 0.15) is 42.6 Å². The Morgan fingerprint density at radius 3 is 2.80 bits per heavy atom. The largest absolute Gasteiger partial charge is 0.333 e. The Bertz CT molecular complexity index is 489. The second-order valence-corrected chi connectivity index (χ2v) is 6.41. The summed E-state index contributed by atoms with van der Waals surface area (Å²) in [6.07, 6.45) is 2.04. The van der Waals surface area contributed by atoms with E-state index in [2.05, 4.69) is 40.0 Å². The number of nitrogens with zero attached hydrogens (tertiary/aromatic N) is 1. The lowest BCUT2D eigenvalue weighted by Gasteiger charge is -2.40. The molecule has 1 aliphatic rings. The lowest BCUT2D eigenvalue weighted by Crippen LogP contribution is -2.58. The van der Waals surface area contributed by atoms with Crippen LogP contribution in [0, 0.1) is 6.92 Å². The molecule has 1 fully saturated rings. The summed E-state index contributed by atoms with van der Waals surface area (Å²) in [5, 5.41) is 3.53. The molecule has 0 aliphatic carbocycles. The summed E-state index contributed by atoms with van der Waals surface area (Å²) >= 11 is 3.46. The van der Waals surface area contributed by atoms with Gasteiger partial charge in [-0.05, 0) is 37.5 Å². The first-order valence-electron chi connectivity index (χ1n) is 7.37. The molecule has 1 amide bonds. The van der Waals surface area contributed by atoms with E-state index in [4.69, 9.17) is 0 Å². The number of halogens is 1. The third kappa shape index (κ3) is 3.23. The standard InChI is InChI=1S/C16H23BrN2O/c1-4-13-10-19(14(5-2)9-18-13)16(20)15-8-12(17)7-6-11(15)3/h6-8,13-14,18H,4-5,9-10H2,1-3H3. The van der Waals surface area contributed by atoms with Crippen molar-refractivity contribution in [3.63, 3.8) is 0 Å². The highest BCUT2D eigenvalue weighted by Crippen LogP contribution is 2.21. The van der Waals surface area contributed by atoms with E-state index in [1.807, 2.05) is 25.1 Å². The zero-order valence-corrected chi connectivity index (χ0v) is 14.0. The maximum Gasteiger partial charge on any atom is 0.254 e. The molecule has 1 aromatic carbocycles. The van der Waals surface area contributed by atoms with Gasteiger partial charge in [-0.15, -0.1) is 0 Å². The van der Waals surface area contributed by atoms with Gasteiger partial charge in [0.2, 0.25) is 0 Å². The van der Waals surface area contributed by atoms with Crippen molar-refractivity contribution in [3.8, 4) is 0 Å². The summed E-state index contributed by atoms with van der Waals surface area (Å²) < 4.78 is 0.960. The number of benzene rings is 1. The maximum absolute atomic E-state index is 12.9. The number of rotatable bonds is 3. The molecule has 0 radical (unpaired) electrons. The molecule has 2 rings (SSSR count). The van der Waals surface area contributed by atoms with Gasteiger partial charge in [0, 0.05) is 35.2 Å². The minimum absolute atomic E-state index is 0.163. The highest BCUT2D eigenvalue weighted by atomic mass is 79.9. The molecule has 4 heteroatoms. The maximum atomic E-state index is 12.9. The molecule has 2 atom stereocenters. The summed E-state index contributed by atoms with van der Waals surface area (Å²) in [5.74, 6) is 0.163. The van der Waals surface area contributed by atoms with Gasteiger partial charge in [0.1, 0.15) is 0 Å². The Balaban J connectivity index is 2.26. The number of amides is 1. The van der Waals surface area contributed by atoms with Gasteiger partial charge >= 0.3 is 0 Å². The highest BCUT2D eigenvalue weighted by Gasteiger charge is 2.30. The number of hydrogen-bond donors (Lipinski definition) is 1. The highest BCUT2D eigenvalue weighted by molar-refractivity contribution is 9.10. The summed E-state index contributed by atoms with van der Waals surface area (Å²) in [5.41, 5.74) is 1.86. The molecule has 1 aliphatic heterocycles. The van der Waals surface area contributed by atoms with Crippen molar-refractivity contribution in [2.75, 3.05) is 13.1 Å².